The molecular formula is C21H23NO. The highest BCUT2D eigenvalue weighted by Crippen LogP contribution is 2.65. The van der Waals surface area contributed by atoms with Crippen molar-refractivity contribution >= 4 is 22.2 Å². The molecule has 0 aromatic heterocycles. The minimum absolute atomic E-state index is 0.0658. The number of benzene rings is 2. The summed E-state index contributed by atoms with van der Waals surface area (Å²) in [5.74, 6) is 0.717. The second-order valence-corrected chi connectivity index (χ2v) is 7.74. The summed E-state index contributed by atoms with van der Waals surface area (Å²) in [6.45, 7) is 6.65. The second kappa shape index (κ2) is 4.70. The molecule has 0 amide bonds. The Labute approximate surface area is 137 Å². The largest absolute Gasteiger partial charge is 0.361 e. The first-order valence-corrected chi connectivity index (χ1v) is 8.44. The van der Waals surface area contributed by atoms with Crippen molar-refractivity contribution in [3.63, 3.8) is 0 Å². The van der Waals surface area contributed by atoms with Crippen LogP contribution in [0.15, 0.2) is 54.2 Å². The molecule has 0 spiro atoms. The Kier molecular flexibility index (Phi) is 2.96. The van der Waals surface area contributed by atoms with E-state index in [1.165, 1.54) is 10.8 Å². The molecule has 2 heteroatoms. The Hall–Kier alpha value is -2.09. The van der Waals surface area contributed by atoms with E-state index < -0.39 is 0 Å². The van der Waals surface area contributed by atoms with E-state index >= 15 is 0 Å². The van der Waals surface area contributed by atoms with Crippen LogP contribution in [0.5, 0.6) is 0 Å². The van der Waals surface area contributed by atoms with Gasteiger partial charge in [-0.25, -0.2) is 0 Å². The van der Waals surface area contributed by atoms with Gasteiger partial charge in [0, 0.05) is 28.3 Å². The number of fused-ring (bicyclic) bond motifs is 3. The Balaban J connectivity index is 1.71. The molecule has 2 bridgehead atoms. The van der Waals surface area contributed by atoms with Gasteiger partial charge in [0.1, 0.15) is 0 Å². The third-order valence-corrected chi connectivity index (χ3v) is 6.54. The van der Waals surface area contributed by atoms with Gasteiger partial charge in [0.2, 0.25) is 0 Å². The van der Waals surface area contributed by atoms with Crippen molar-refractivity contribution in [2.75, 3.05) is 5.32 Å². The number of carbonyl (C=O) groups excluding carboxylic acids is 1. The lowest BCUT2D eigenvalue weighted by Crippen LogP contribution is -2.32. The van der Waals surface area contributed by atoms with Gasteiger partial charge in [0.05, 0.1) is 0 Å². The molecule has 23 heavy (non-hydrogen) atoms. The number of rotatable bonds is 2. The summed E-state index contributed by atoms with van der Waals surface area (Å²) in [7, 11) is 0. The lowest BCUT2D eigenvalue weighted by atomic mass is 9.70. The van der Waals surface area contributed by atoms with Gasteiger partial charge < -0.3 is 5.32 Å². The van der Waals surface area contributed by atoms with Crippen molar-refractivity contribution in [1.29, 1.82) is 0 Å². The molecule has 0 unspecified atom stereocenters. The molecule has 2 aliphatic carbocycles. The molecule has 2 saturated carbocycles. The third-order valence-electron chi connectivity index (χ3n) is 6.54. The molecule has 2 aromatic carbocycles. The SMILES string of the molecule is CC1(C)[C@H]2CC[C@@]1(C)C(=O)/C2=C\Nc1cccc2ccccc12. The maximum absolute atomic E-state index is 12.9. The van der Waals surface area contributed by atoms with Gasteiger partial charge >= 0.3 is 0 Å². The van der Waals surface area contributed by atoms with Crippen LogP contribution in [0.2, 0.25) is 0 Å². The van der Waals surface area contributed by atoms with Crippen molar-refractivity contribution in [1.82, 2.24) is 0 Å². The minimum Gasteiger partial charge on any atom is -0.361 e. The van der Waals surface area contributed by atoms with Gasteiger partial charge in [-0.05, 0) is 35.6 Å². The van der Waals surface area contributed by atoms with E-state index in [2.05, 4.69) is 56.4 Å². The maximum atomic E-state index is 12.9. The summed E-state index contributed by atoms with van der Waals surface area (Å²) in [6.07, 6.45) is 4.12. The average molecular weight is 305 g/mol. The number of anilines is 1. The number of nitrogens with one attached hydrogen (secondary N) is 1. The first kappa shape index (κ1) is 14.5. The summed E-state index contributed by atoms with van der Waals surface area (Å²) in [4.78, 5) is 12.9. The van der Waals surface area contributed by atoms with E-state index in [0.717, 1.165) is 24.1 Å². The molecule has 0 aliphatic heterocycles. The molecule has 1 N–H and O–H groups in total. The Morgan fingerprint density at radius 2 is 1.83 bits per heavy atom. The number of hydrogen-bond acceptors (Lipinski definition) is 2. The summed E-state index contributed by atoms with van der Waals surface area (Å²) in [5, 5.41) is 5.82. The van der Waals surface area contributed by atoms with E-state index in [-0.39, 0.29) is 10.8 Å². The Bertz CT molecular complexity index is 827. The topological polar surface area (TPSA) is 29.1 Å². The van der Waals surface area contributed by atoms with Gasteiger partial charge in [-0.3, -0.25) is 4.79 Å². The zero-order valence-electron chi connectivity index (χ0n) is 14.0. The van der Waals surface area contributed by atoms with Gasteiger partial charge in [-0.1, -0.05) is 57.2 Å². The van der Waals surface area contributed by atoms with Crippen LogP contribution >= 0.6 is 0 Å². The predicted octanol–water partition coefficient (Wildman–Crippen LogP) is 5.16. The van der Waals surface area contributed by atoms with E-state index in [1.807, 2.05) is 18.3 Å². The molecule has 4 rings (SSSR count). The number of Topliss-reactive ketones (excluding diaryl/α,β-unsaturated/α-hetero) is 1. The molecule has 0 saturated heterocycles. The minimum atomic E-state index is -0.191. The summed E-state index contributed by atoms with van der Waals surface area (Å²) >= 11 is 0. The third kappa shape index (κ3) is 1.84. The average Bonchev–Trinajstić information content (AvgIpc) is 2.86. The van der Waals surface area contributed by atoms with Crippen LogP contribution < -0.4 is 5.32 Å². The number of carbonyl (C=O) groups is 1. The van der Waals surface area contributed by atoms with Crippen LogP contribution in [0, 0.1) is 16.7 Å². The highest BCUT2D eigenvalue weighted by molar-refractivity contribution is 6.05. The highest BCUT2D eigenvalue weighted by Gasteiger charge is 2.63. The fourth-order valence-corrected chi connectivity index (χ4v) is 4.60. The quantitative estimate of drug-likeness (QED) is 0.776. The highest BCUT2D eigenvalue weighted by atomic mass is 16.1. The van der Waals surface area contributed by atoms with Crippen LogP contribution in [0.25, 0.3) is 10.8 Å². The molecule has 2 nitrogen and oxygen atoms in total. The van der Waals surface area contributed by atoms with Crippen LogP contribution in [0.1, 0.15) is 33.6 Å². The summed E-state index contributed by atoms with van der Waals surface area (Å²) in [5.41, 5.74) is 1.92. The van der Waals surface area contributed by atoms with Crippen LogP contribution in [-0.4, -0.2) is 5.78 Å². The smallest absolute Gasteiger partial charge is 0.167 e. The molecule has 0 radical (unpaired) electrons. The molecule has 2 atom stereocenters. The predicted molar refractivity (Wildman–Crippen MR) is 95.3 cm³/mol. The van der Waals surface area contributed by atoms with Crippen molar-refractivity contribution < 1.29 is 4.79 Å². The summed E-state index contributed by atoms with van der Waals surface area (Å²) < 4.78 is 0. The van der Waals surface area contributed by atoms with Crippen LogP contribution in [0.4, 0.5) is 5.69 Å². The van der Waals surface area contributed by atoms with Crippen molar-refractivity contribution in [2.45, 2.75) is 33.6 Å². The Morgan fingerprint density at radius 3 is 2.57 bits per heavy atom. The van der Waals surface area contributed by atoms with Crippen molar-refractivity contribution in [3.8, 4) is 0 Å². The van der Waals surface area contributed by atoms with Gasteiger partial charge in [-0.2, -0.15) is 0 Å². The normalized spacial score (nSPS) is 30.3. The lowest BCUT2D eigenvalue weighted by molar-refractivity contribution is -0.125. The van der Waals surface area contributed by atoms with Crippen molar-refractivity contribution in [3.05, 3.63) is 54.2 Å². The number of allylic oxidation sites excluding steroid dienone is 1. The lowest BCUT2D eigenvalue weighted by Gasteiger charge is -2.31. The van der Waals surface area contributed by atoms with Gasteiger partial charge in [0.25, 0.3) is 0 Å². The molecule has 2 fully saturated rings. The standard InChI is InChI=1S/C21H23NO/c1-20(2)17-11-12-21(20,3)19(23)16(17)13-22-18-10-6-8-14-7-4-5-9-15(14)18/h4-10,13,17,22H,11-12H2,1-3H3/b16-13-/t17-,21-/m0/s1. The number of ketones is 1. The maximum Gasteiger partial charge on any atom is 0.167 e. The molecule has 118 valence electrons. The molecule has 2 aromatic rings. The Morgan fingerprint density at radius 1 is 1.09 bits per heavy atom. The summed E-state index contributed by atoms with van der Waals surface area (Å²) in [6, 6.07) is 14.6. The first-order chi connectivity index (χ1) is 10.9. The van der Waals surface area contributed by atoms with Crippen LogP contribution in [0.3, 0.4) is 0 Å². The van der Waals surface area contributed by atoms with E-state index in [0.29, 0.717) is 11.7 Å². The first-order valence-electron chi connectivity index (χ1n) is 8.44. The van der Waals surface area contributed by atoms with Crippen LogP contribution in [-0.2, 0) is 4.79 Å². The molecule has 0 heterocycles. The fraction of sp³-hybridized carbons (Fsp3) is 0.381. The monoisotopic (exact) mass is 305 g/mol. The fourth-order valence-electron chi connectivity index (χ4n) is 4.60. The van der Waals surface area contributed by atoms with E-state index in [1.54, 1.807) is 0 Å². The second-order valence-electron chi connectivity index (χ2n) is 7.74. The van der Waals surface area contributed by atoms with Gasteiger partial charge in [0.15, 0.2) is 5.78 Å². The van der Waals surface area contributed by atoms with Crippen molar-refractivity contribution in [2.24, 2.45) is 16.7 Å². The molecule has 2 aliphatic rings. The molecular weight excluding hydrogens is 282 g/mol. The number of hydrogen-bond donors (Lipinski definition) is 1. The zero-order chi connectivity index (χ0) is 16.2. The van der Waals surface area contributed by atoms with Gasteiger partial charge in [-0.15, -0.1) is 0 Å². The van der Waals surface area contributed by atoms with E-state index in [4.69, 9.17) is 0 Å². The zero-order valence-corrected chi connectivity index (χ0v) is 14.0. The van der Waals surface area contributed by atoms with E-state index in [9.17, 15) is 4.79 Å².